The molecule has 1 unspecified atom stereocenters. The van der Waals surface area contributed by atoms with Crippen LogP contribution in [0, 0.1) is 16.7 Å². The fraction of sp³-hybridized carbons (Fsp3) is 0.750. The lowest BCUT2D eigenvalue weighted by Gasteiger charge is -2.16. The highest BCUT2D eigenvalue weighted by Crippen LogP contribution is 2.10. The van der Waals surface area contributed by atoms with Crippen LogP contribution in [0.5, 0.6) is 0 Å². The van der Waals surface area contributed by atoms with Crippen LogP contribution < -0.4 is 5.32 Å². The van der Waals surface area contributed by atoms with Crippen molar-refractivity contribution in [3.63, 3.8) is 0 Å². The first-order valence-electron chi connectivity index (χ1n) is 3.72. The highest BCUT2D eigenvalue weighted by Gasteiger charge is 2.18. The second-order valence-corrected chi connectivity index (χ2v) is 4.70. The molecule has 0 bridgehead atoms. The Bertz CT molecular complexity index is 206. The zero-order valence-electron chi connectivity index (χ0n) is 7.52. The summed E-state index contributed by atoms with van der Waals surface area (Å²) < 4.78 is 0. The van der Waals surface area contributed by atoms with Crippen molar-refractivity contribution in [2.75, 3.05) is 6.54 Å². The number of nitriles is 1. The number of carbonyl (C=O) groups excluding carboxylic acids is 1. The average molecular weight is 233 g/mol. The molecule has 12 heavy (non-hydrogen) atoms. The van der Waals surface area contributed by atoms with Gasteiger partial charge in [-0.1, -0.05) is 15.9 Å². The van der Waals surface area contributed by atoms with Crippen LogP contribution in [0.25, 0.3) is 0 Å². The van der Waals surface area contributed by atoms with Gasteiger partial charge in [-0.2, -0.15) is 5.26 Å². The molecule has 3 nitrogen and oxygen atoms in total. The number of hydrogen-bond acceptors (Lipinski definition) is 2. The molecule has 0 rings (SSSR count). The molecule has 0 saturated heterocycles. The molecule has 0 aromatic carbocycles. The molecule has 0 spiro atoms. The molecule has 0 aliphatic heterocycles. The van der Waals surface area contributed by atoms with Crippen molar-refractivity contribution >= 4 is 21.8 Å². The van der Waals surface area contributed by atoms with E-state index < -0.39 is 5.41 Å². The largest absolute Gasteiger partial charge is 0.354 e. The van der Waals surface area contributed by atoms with E-state index in [-0.39, 0.29) is 10.7 Å². The van der Waals surface area contributed by atoms with Crippen LogP contribution in [0.1, 0.15) is 20.8 Å². The van der Waals surface area contributed by atoms with E-state index in [9.17, 15) is 4.79 Å². The number of hydrogen-bond donors (Lipinski definition) is 1. The topological polar surface area (TPSA) is 52.9 Å². The van der Waals surface area contributed by atoms with Gasteiger partial charge in [-0.25, -0.2) is 0 Å². The molecular weight excluding hydrogens is 220 g/mol. The molecule has 1 N–H and O–H groups in total. The second-order valence-electron chi connectivity index (χ2n) is 3.33. The predicted octanol–water partition coefficient (Wildman–Crippen LogP) is 1.44. The van der Waals surface area contributed by atoms with Gasteiger partial charge in [0.05, 0.1) is 16.3 Å². The fourth-order valence-electron chi connectivity index (χ4n) is 0.488. The maximum absolute atomic E-state index is 11.0. The summed E-state index contributed by atoms with van der Waals surface area (Å²) in [7, 11) is 0. The predicted molar refractivity (Wildman–Crippen MR) is 50.8 cm³/mol. The molecule has 0 aromatic rings. The van der Waals surface area contributed by atoms with Crippen LogP contribution in [-0.4, -0.2) is 17.3 Å². The lowest BCUT2D eigenvalue weighted by molar-refractivity contribution is -0.120. The van der Waals surface area contributed by atoms with Crippen LogP contribution in [0.3, 0.4) is 0 Å². The van der Waals surface area contributed by atoms with Crippen molar-refractivity contribution in [1.82, 2.24) is 5.32 Å². The van der Waals surface area contributed by atoms with E-state index >= 15 is 0 Å². The Hall–Kier alpha value is -0.560. The van der Waals surface area contributed by atoms with Gasteiger partial charge in [-0.15, -0.1) is 0 Å². The first-order chi connectivity index (χ1) is 5.39. The van der Waals surface area contributed by atoms with Crippen LogP contribution in [0.4, 0.5) is 0 Å². The lowest BCUT2D eigenvalue weighted by atomic mass is 9.96. The van der Waals surface area contributed by atoms with Gasteiger partial charge in [-0.3, -0.25) is 4.79 Å². The number of halogens is 1. The Morgan fingerprint density at radius 2 is 2.25 bits per heavy atom. The zero-order chi connectivity index (χ0) is 9.78. The summed E-state index contributed by atoms with van der Waals surface area (Å²) >= 11 is 3.13. The van der Waals surface area contributed by atoms with Crippen molar-refractivity contribution in [3.05, 3.63) is 0 Å². The van der Waals surface area contributed by atoms with Crippen molar-refractivity contribution in [3.8, 4) is 6.07 Å². The number of amides is 1. The molecule has 0 radical (unpaired) electrons. The number of alkyl halides is 1. The van der Waals surface area contributed by atoms with Crippen molar-refractivity contribution in [1.29, 1.82) is 5.26 Å². The third-order valence-corrected chi connectivity index (χ3v) is 1.78. The van der Waals surface area contributed by atoms with Gasteiger partial charge < -0.3 is 5.32 Å². The number of nitrogens with zero attached hydrogens (tertiary/aromatic N) is 1. The summed E-state index contributed by atoms with van der Waals surface area (Å²) in [5.41, 5.74) is -0.489. The number of rotatable bonds is 3. The molecule has 0 aromatic heterocycles. The molecule has 1 atom stereocenters. The summed E-state index contributed by atoms with van der Waals surface area (Å²) in [5, 5.41) is 11.3. The normalized spacial score (nSPS) is 13.2. The number of nitrogens with one attached hydrogen (secondary N) is 1. The maximum atomic E-state index is 11.0. The summed E-state index contributed by atoms with van der Waals surface area (Å²) in [6, 6.07) is 2.11. The van der Waals surface area contributed by atoms with Gasteiger partial charge in [0, 0.05) is 6.54 Å². The molecule has 1 amide bonds. The Morgan fingerprint density at radius 1 is 1.75 bits per heavy atom. The van der Waals surface area contributed by atoms with E-state index in [1.165, 1.54) is 0 Å². The van der Waals surface area contributed by atoms with Crippen LogP contribution in [0.2, 0.25) is 0 Å². The van der Waals surface area contributed by atoms with Gasteiger partial charge in [0.2, 0.25) is 5.91 Å². The van der Waals surface area contributed by atoms with Gasteiger partial charge in [0.1, 0.15) is 0 Å². The third-order valence-electron chi connectivity index (χ3n) is 1.37. The Balaban J connectivity index is 3.86. The minimum atomic E-state index is -0.489. The van der Waals surface area contributed by atoms with Gasteiger partial charge >= 0.3 is 0 Å². The van der Waals surface area contributed by atoms with Gasteiger partial charge in [0.25, 0.3) is 0 Å². The van der Waals surface area contributed by atoms with Gasteiger partial charge in [0.15, 0.2) is 0 Å². The number of carbonyl (C=O) groups is 1. The first-order valence-corrected chi connectivity index (χ1v) is 4.63. The monoisotopic (exact) mass is 232 g/mol. The molecular formula is C8H13BrN2O. The van der Waals surface area contributed by atoms with Crippen molar-refractivity contribution < 1.29 is 4.79 Å². The quantitative estimate of drug-likeness (QED) is 0.750. The van der Waals surface area contributed by atoms with E-state index in [2.05, 4.69) is 27.3 Å². The fourth-order valence-corrected chi connectivity index (χ4v) is 0.650. The summed E-state index contributed by atoms with van der Waals surface area (Å²) in [6.45, 7) is 5.70. The Morgan fingerprint density at radius 3 is 2.58 bits per heavy atom. The first kappa shape index (κ1) is 11.4. The lowest BCUT2D eigenvalue weighted by Crippen LogP contribution is -2.36. The highest BCUT2D eigenvalue weighted by atomic mass is 79.9. The van der Waals surface area contributed by atoms with Crippen LogP contribution in [0.15, 0.2) is 0 Å². The molecule has 0 aliphatic carbocycles. The van der Waals surface area contributed by atoms with Crippen LogP contribution in [-0.2, 0) is 4.79 Å². The van der Waals surface area contributed by atoms with E-state index in [4.69, 9.17) is 5.26 Å². The summed E-state index contributed by atoms with van der Waals surface area (Å²) in [6.07, 6.45) is 0. The average Bonchev–Trinajstić information content (AvgIpc) is 2.00. The van der Waals surface area contributed by atoms with Crippen molar-refractivity contribution in [2.45, 2.75) is 25.6 Å². The van der Waals surface area contributed by atoms with Crippen molar-refractivity contribution in [2.24, 2.45) is 5.41 Å². The zero-order valence-corrected chi connectivity index (χ0v) is 9.10. The van der Waals surface area contributed by atoms with E-state index in [1.54, 1.807) is 20.8 Å². The molecule has 4 heteroatoms. The molecule has 68 valence electrons. The SMILES string of the molecule is CC(Br)C(=O)NCC(C)(C)C#N. The Kier molecular flexibility index (Phi) is 4.25. The molecule has 0 aliphatic rings. The second kappa shape index (κ2) is 4.46. The standard InChI is InChI=1S/C8H13BrN2O/c1-6(9)7(12)11-5-8(2,3)4-10/h6H,5H2,1-3H3,(H,11,12). The molecule has 0 saturated carbocycles. The summed E-state index contributed by atoms with van der Waals surface area (Å²) in [5.74, 6) is -0.0849. The van der Waals surface area contributed by atoms with E-state index in [0.717, 1.165) is 0 Å². The highest BCUT2D eigenvalue weighted by molar-refractivity contribution is 9.10. The molecule has 0 heterocycles. The Labute approximate surface area is 81.3 Å². The molecule has 0 fully saturated rings. The summed E-state index contributed by atoms with van der Waals surface area (Å²) in [4.78, 5) is 10.8. The minimum absolute atomic E-state index is 0.0849. The minimum Gasteiger partial charge on any atom is -0.354 e. The smallest absolute Gasteiger partial charge is 0.233 e. The van der Waals surface area contributed by atoms with Gasteiger partial charge in [-0.05, 0) is 20.8 Å². The van der Waals surface area contributed by atoms with Crippen LogP contribution >= 0.6 is 15.9 Å². The van der Waals surface area contributed by atoms with E-state index in [0.29, 0.717) is 6.54 Å². The third kappa shape index (κ3) is 4.35. The maximum Gasteiger partial charge on any atom is 0.233 e. The van der Waals surface area contributed by atoms with E-state index in [1.807, 2.05) is 0 Å².